The highest BCUT2D eigenvalue weighted by Gasteiger charge is 2.24. The van der Waals surface area contributed by atoms with Gasteiger partial charge >= 0.3 is 0 Å². The van der Waals surface area contributed by atoms with Crippen LogP contribution < -0.4 is 5.30 Å². The molecule has 0 amide bonds. The van der Waals surface area contributed by atoms with Crippen molar-refractivity contribution < 1.29 is 9.46 Å². The lowest BCUT2D eigenvalue weighted by Crippen LogP contribution is -2.04. The molecule has 84 valence electrons. The maximum Gasteiger partial charge on any atom is 0.254 e. The minimum atomic E-state index is -3.48. The fourth-order valence-corrected chi connectivity index (χ4v) is 2.74. The second-order valence-electron chi connectivity index (χ2n) is 3.49. The van der Waals surface area contributed by atoms with E-state index in [1.165, 1.54) is 0 Å². The first kappa shape index (κ1) is 12.7. The quantitative estimate of drug-likeness (QED) is 0.630. The molecule has 0 spiro atoms. The molecule has 1 rings (SSSR count). The van der Waals surface area contributed by atoms with Crippen molar-refractivity contribution in [2.75, 3.05) is 0 Å². The minimum Gasteiger partial charge on any atom is -0.338 e. The number of rotatable bonds is 5. The number of hydrogen-bond acceptors (Lipinski definition) is 2. The highest BCUT2D eigenvalue weighted by atomic mass is 31.2. The summed E-state index contributed by atoms with van der Waals surface area (Å²) in [6.45, 7) is 3.65. The molecule has 1 aromatic rings. The molecule has 1 unspecified atom stereocenters. The molecule has 0 saturated carbocycles. The van der Waals surface area contributed by atoms with Gasteiger partial charge in [-0.25, -0.2) is 0 Å². The van der Waals surface area contributed by atoms with Gasteiger partial charge in [0, 0.05) is 17.0 Å². The van der Waals surface area contributed by atoms with E-state index in [9.17, 15) is 9.46 Å². The Labute approximate surface area is 95.5 Å². The molecule has 0 aromatic heterocycles. The molecule has 16 heavy (non-hydrogen) atoms. The van der Waals surface area contributed by atoms with E-state index in [4.69, 9.17) is 5.26 Å². The predicted molar refractivity (Wildman–Crippen MR) is 64.5 cm³/mol. The number of allylic oxidation sites excluding steroid dienone is 1. The summed E-state index contributed by atoms with van der Waals surface area (Å²) in [4.78, 5) is 9.93. The summed E-state index contributed by atoms with van der Waals surface area (Å²) >= 11 is 0. The van der Waals surface area contributed by atoms with Crippen molar-refractivity contribution in [2.45, 2.75) is 19.3 Å². The Hall–Kier alpha value is -1.36. The minimum absolute atomic E-state index is 0.314. The topological polar surface area (TPSA) is 61.1 Å². The molecule has 0 radical (unpaired) electrons. The van der Waals surface area contributed by atoms with Crippen molar-refractivity contribution in [3.05, 3.63) is 42.2 Å². The van der Waals surface area contributed by atoms with E-state index in [-0.39, 0.29) is 0 Å². The average Bonchev–Trinajstić information content (AvgIpc) is 2.30. The number of nitrogens with zero attached hydrogens (tertiary/aromatic N) is 1. The van der Waals surface area contributed by atoms with Crippen molar-refractivity contribution in [3.8, 4) is 6.07 Å². The standard InChI is InChI=1S/C12H14NO2P/c1-11(7-5-6-10-13)16(14,15)12-8-3-2-4-9-12/h2-4,8-9H,1,5-7H2,(H,14,15). The SMILES string of the molecule is C=C(CCCC#N)P(=O)(O)c1ccccc1. The Morgan fingerprint density at radius 2 is 2.06 bits per heavy atom. The monoisotopic (exact) mass is 235 g/mol. The van der Waals surface area contributed by atoms with E-state index in [0.717, 1.165) is 0 Å². The van der Waals surface area contributed by atoms with Crippen LogP contribution in [0.5, 0.6) is 0 Å². The molecule has 0 heterocycles. The van der Waals surface area contributed by atoms with Gasteiger partial charge in [0.25, 0.3) is 7.37 Å². The van der Waals surface area contributed by atoms with Gasteiger partial charge in [0.05, 0.1) is 6.07 Å². The van der Waals surface area contributed by atoms with Crippen molar-refractivity contribution in [2.24, 2.45) is 0 Å². The predicted octanol–water partition coefficient (Wildman–Crippen LogP) is 2.79. The van der Waals surface area contributed by atoms with Crippen LogP contribution in [0.15, 0.2) is 42.2 Å². The lowest BCUT2D eigenvalue weighted by Gasteiger charge is -2.13. The van der Waals surface area contributed by atoms with Gasteiger partial charge in [-0.3, -0.25) is 4.57 Å². The number of hydrogen-bond donors (Lipinski definition) is 1. The summed E-state index contributed by atoms with van der Waals surface area (Å²) in [7, 11) is -3.48. The Morgan fingerprint density at radius 1 is 1.44 bits per heavy atom. The second kappa shape index (κ2) is 5.65. The molecule has 0 bridgehead atoms. The summed E-state index contributed by atoms with van der Waals surface area (Å²) in [6.07, 6.45) is 1.37. The zero-order valence-electron chi connectivity index (χ0n) is 8.97. The van der Waals surface area contributed by atoms with Crippen LogP contribution in [0.25, 0.3) is 0 Å². The van der Waals surface area contributed by atoms with Crippen LogP contribution >= 0.6 is 7.37 Å². The van der Waals surface area contributed by atoms with Crippen LogP contribution in [0.2, 0.25) is 0 Å². The molecule has 0 aliphatic rings. The fourth-order valence-electron chi connectivity index (χ4n) is 1.34. The molecular weight excluding hydrogens is 221 g/mol. The first-order chi connectivity index (χ1) is 7.59. The molecule has 3 nitrogen and oxygen atoms in total. The zero-order valence-corrected chi connectivity index (χ0v) is 9.86. The largest absolute Gasteiger partial charge is 0.338 e. The van der Waals surface area contributed by atoms with Gasteiger partial charge in [-0.05, 0) is 25.0 Å². The molecule has 0 aliphatic heterocycles. The molecule has 1 aromatic carbocycles. The van der Waals surface area contributed by atoms with E-state index in [1.54, 1.807) is 30.3 Å². The summed E-state index contributed by atoms with van der Waals surface area (Å²) < 4.78 is 12.1. The smallest absolute Gasteiger partial charge is 0.254 e. The Balaban J connectivity index is 2.75. The van der Waals surface area contributed by atoms with Crippen molar-refractivity contribution >= 4 is 12.7 Å². The Bertz CT molecular complexity index is 448. The van der Waals surface area contributed by atoms with E-state index < -0.39 is 7.37 Å². The van der Waals surface area contributed by atoms with Crippen molar-refractivity contribution in [3.63, 3.8) is 0 Å². The summed E-state index contributed by atoms with van der Waals surface area (Å²) in [5.41, 5.74) is 0. The van der Waals surface area contributed by atoms with Gasteiger partial charge in [-0.2, -0.15) is 5.26 Å². The molecule has 0 aliphatic carbocycles. The Kier molecular flexibility index (Phi) is 4.49. The average molecular weight is 235 g/mol. The van der Waals surface area contributed by atoms with Gasteiger partial charge in [0.2, 0.25) is 0 Å². The van der Waals surface area contributed by atoms with Crippen LogP contribution in [0.3, 0.4) is 0 Å². The van der Waals surface area contributed by atoms with Gasteiger partial charge in [0.15, 0.2) is 0 Å². The zero-order chi connectivity index (χ0) is 12.0. The van der Waals surface area contributed by atoms with E-state index in [1.807, 2.05) is 6.07 Å². The van der Waals surface area contributed by atoms with Gasteiger partial charge in [0.1, 0.15) is 0 Å². The summed E-state index contributed by atoms with van der Waals surface area (Å²) in [5.74, 6) is 0. The maximum absolute atomic E-state index is 12.1. The van der Waals surface area contributed by atoms with E-state index in [2.05, 4.69) is 6.58 Å². The van der Waals surface area contributed by atoms with Crippen molar-refractivity contribution in [1.82, 2.24) is 0 Å². The Morgan fingerprint density at radius 3 is 2.62 bits per heavy atom. The molecule has 0 saturated heterocycles. The summed E-state index contributed by atoms with van der Waals surface area (Å²) in [5, 5.41) is 9.10. The third-order valence-electron chi connectivity index (χ3n) is 2.29. The second-order valence-corrected chi connectivity index (χ2v) is 5.79. The summed E-state index contributed by atoms with van der Waals surface area (Å²) in [6, 6.07) is 10.5. The first-order valence-corrected chi connectivity index (χ1v) is 6.68. The fraction of sp³-hybridized carbons (Fsp3) is 0.250. The normalized spacial score (nSPS) is 13.8. The highest BCUT2D eigenvalue weighted by molar-refractivity contribution is 7.70. The van der Waals surface area contributed by atoms with Crippen LogP contribution in [-0.2, 0) is 4.57 Å². The lowest BCUT2D eigenvalue weighted by molar-refractivity contribution is 0.495. The first-order valence-electron chi connectivity index (χ1n) is 5.02. The number of nitriles is 1. The van der Waals surface area contributed by atoms with Crippen LogP contribution in [0.1, 0.15) is 19.3 Å². The maximum atomic E-state index is 12.1. The number of unbranched alkanes of at least 4 members (excludes halogenated alkanes) is 1. The van der Waals surface area contributed by atoms with E-state index >= 15 is 0 Å². The lowest BCUT2D eigenvalue weighted by atomic mass is 10.2. The van der Waals surface area contributed by atoms with Crippen LogP contribution in [0, 0.1) is 11.3 Å². The molecule has 1 N–H and O–H groups in total. The third kappa shape index (κ3) is 3.06. The van der Waals surface area contributed by atoms with Gasteiger partial charge in [-0.15, -0.1) is 0 Å². The van der Waals surface area contributed by atoms with E-state index in [0.29, 0.717) is 29.9 Å². The van der Waals surface area contributed by atoms with Crippen LogP contribution in [-0.4, -0.2) is 4.89 Å². The molecule has 0 fully saturated rings. The third-order valence-corrected chi connectivity index (χ3v) is 4.37. The highest BCUT2D eigenvalue weighted by Crippen LogP contribution is 2.49. The van der Waals surface area contributed by atoms with Crippen LogP contribution in [0.4, 0.5) is 0 Å². The number of benzene rings is 1. The molecular formula is C12H14NO2P. The molecule has 1 atom stereocenters. The molecule has 4 heteroatoms. The van der Waals surface area contributed by atoms with Gasteiger partial charge < -0.3 is 4.89 Å². The van der Waals surface area contributed by atoms with Crippen molar-refractivity contribution in [1.29, 1.82) is 5.26 Å². The van der Waals surface area contributed by atoms with Gasteiger partial charge in [-0.1, -0.05) is 24.8 Å².